The van der Waals surface area contributed by atoms with Crippen molar-refractivity contribution in [3.8, 4) is 5.75 Å². The number of phenols is 1. The lowest BCUT2D eigenvalue weighted by Gasteiger charge is -2.12. The normalized spacial score (nSPS) is 11.8. The van der Waals surface area contributed by atoms with Gasteiger partial charge in [0.1, 0.15) is 11.8 Å². The first-order chi connectivity index (χ1) is 7.49. The number of carbonyl (C=O) groups excluding carboxylic acids is 1. The molecular weight excluding hydrogens is 212 g/mol. The molecule has 5 N–H and O–H groups in total. The van der Waals surface area contributed by atoms with E-state index < -0.39 is 18.0 Å². The number of nitrogens with two attached hydrogens (primary N) is 1. The SMILES string of the molecule is NC(=O)NC(Cc1ccc(O)cc1)C(=O)O. The lowest BCUT2D eigenvalue weighted by atomic mass is 10.1. The number of urea groups is 1. The number of aromatic hydroxyl groups is 1. The Kier molecular flexibility index (Phi) is 3.71. The molecule has 0 saturated heterocycles. The molecule has 0 radical (unpaired) electrons. The van der Waals surface area contributed by atoms with Gasteiger partial charge in [0, 0.05) is 6.42 Å². The van der Waals surface area contributed by atoms with Crippen LogP contribution in [0.2, 0.25) is 0 Å². The third-order valence-electron chi connectivity index (χ3n) is 1.99. The highest BCUT2D eigenvalue weighted by atomic mass is 16.4. The van der Waals surface area contributed by atoms with Gasteiger partial charge in [-0.05, 0) is 17.7 Å². The molecule has 1 aromatic rings. The van der Waals surface area contributed by atoms with Crippen LogP contribution in [0.15, 0.2) is 24.3 Å². The van der Waals surface area contributed by atoms with Gasteiger partial charge in [-0.25, -0.2) is 9.59 Å². The van der Waals surface area contributed by atoms with Crippen molar-refractivity contribution in [1.29, 1.82) is 0 Å². The second-order valence-corrected chi connectivity index (χ2v) is 3.27. The number of rotatable bonds is 4. The third kappa shape index (κ3) is 3.49. The smallest absolute Gasteiger partial charge is 0.326 e. The Morgan fingerprint density at radius 2 is 1.88 bits per heavy atom. The highest BCUT2D eigenvalue weighted by Gasteiger charge is 2.18. The first kappa shape index (κ1) is 11.8. The van der Waals surface area contributed by atoms with E-state index >= 15 is 0 Å². The van der Waals surface area contributed by atoms with Crippen molar-refractivity contribution < 1.29 is 19.8 Å². The number of benzene rings is 1. The highest BCUT2D eigenvalue weighted by Crippen LogP contribution is 2.11. The average molecular weight is 224 g/mol. The molecule has 16 heavy (non-hydrogen) atoms. The number of carboxylic acids is 1. The van der Waals surface area contributed by atoms with Gasteiger partial charge in [0.25, 0.3) is 0 Å². The number of amides is 2. The Balaban J connectivity index is 2.71. The summed E-state index contributed by atoms with van der Waals surface area (Å²) in [6.07, 6.45) is 0.110. The van der Waals surface area contributed by atoms with Crippen molar-refractivity contribution in [2.45, 2.75) is 12.5 Å². The van der Waals surface area contributed by atoms with E-state index in [0.717, 1.165) is 0 Å². The van der Waals surface area contributed by atoms with Crippen LogP contribution in [0.3, 0.4) is 0 Å². The summed E-state index contributed by atoms with van der Waals surface area (Å²) in [4.78, 5) is 21.4. The molecule has 6 heteroatoms. The zero-order chi connectivity index (χ0) is 12.1. The van der Waals surface area contributed by atoms with Crippen LogP contribution in [0.1, 0.15) is 5.56 Å². The highest BCUT2D eigenvalue weighted by molar-refractivity contribution is 5.81. The summed E-state index contributed by atoms with van der Waals surface area (Å²) < 4.78 is 0. The maximum Gasteiger partial charge on any atom is 0.326 e. The number of phenolic OH excluding ortho intramolecular Hbond substituents is 1. The number of hydrogen-bond acceptors (Lipinski definition) is 3. The second kappa shape index (κ2) is 5.01. The first-order valence-corrected chi connectivity index (χ1v) is 4.55. The van der Waals surface area contributed by atoms with Crippen molar-refractivity contribution >= 4 is 12.0 Å². The maximum absolute atomic E-state index is 10.8. The quantitative estimate of drug-likeness (QED) is 0.579. The molecule has 0 heterocycles. The molecule has 1 atom stereocenters. The fourth-order valence-corrected chi connectivity index (χ4v) is 1.24. The fourth-order valence-electron chi connectivity index (χ4n) is 1.24. The van der Waals surface area contributed by atoms with Crippen LogP contribution in [-0.4, -0.2) is 28.3 Å². The zero-order valence-corrected chi connectivity index (χ0v) is 8.38. The molecule has 0 saturated carbocycles. The summed E-state index contributed by atoms with van der Waals surface area (Å²) in [5.41, 5.74) is 5.54. The lowest BCUT2D eigenvalue weighted by molar-refractivity contribution is -0.139. The Morgan fingerprint density at radius 3 is 2.31 bits per heavy atom. The molecule has 2 amide bonds. The minimum Gasteiger partial charge on any atom is -0.508 e. The fraction of sp³-hybridized carbons (Fsp3) is 0.200. The molecule has 0 aromatic heterocycles. The molecule has 6 nitrogen and oxygen atoms in total. The first-order valence-electron chi connectivity index (χ1n) is 4.55. The molecule has 1 unspecified atom stereocenters. The largest absolute Gasteiger partial charge is 0.508 e. The van der Waals surface area contributed by atoms with Crippen molar-refractivity contribution in [3.05, 3.63) is 29.8 Å². The summed E-state index contributed by atoms with van der Waals surface area (Å²) in [7, 11) is 0. The predicted octanol–water partition coefficient (Wildman–Crippen LogP) is 0.0562. The van der Waals surface area contributed by atoms with Crippen LogP contribution < -0.4 is 11.1 Å². The summed E-state index contributed by atoms with van der Waals surface area (Å²) >= 11 is 0. The molecule has 0 aliphatic carbocycles. The van der Waals surface area contributed by atoms with Crippen LogP contribution in [0.5, 0.6) is 5.75 Å². The molecular formula is C10H12N2O4. The van der Waals surface area contributed by atoms with Gasteiger partial charge in [0.15, 0.2) is 0 Å². The van der Waals surface area contributed by atoms with E-state index in [2.05, 4.69) is 5.32 Å². The Morgan fingerprint density at radius 1 is 1.31 bits per heavy atom. The van der Waals surface area contributed by atoms with Gasteiger partial charge in [-0.1, -0.05) is 12.1 Å². The van der Waals surface area contributed by atoms with Gasteiger partial charge in [0.2, 0.25) is 0 Å². The van der Waals surface area contributed by atoms with Crippen molar-refractivity contribution in [1.82, 2.24) is 5.32 Å². The van der Waals surface area contributed by atoms with Crippen LogP contribution in [0.4, 0.5) is 4.79 Å². The molecule has 0 fully saturated rings. The molecule has 86 valence electrons. The van der Waals surface area contributed by atoms with Crippen molar-refractivity contribution in [2.75, 3.05) is 0 Å². The predicted molar refractivity (Wildman–Crippen MR) is 56.0 cm³/mol. The van der Waals surface area contributed by atoms with Gasteiger partial charge in [-0.3, -0.25) is 0 Å². The Bertz CT molecular complexity index is 388. The molecule has 0 aliphatic rings. The molecule has 1 aromatic carbocycles. The van der Waals surface area contributed by atoms with E-state index in [1.54, 1.807) is 12.1 Å². The number of carbonyl (C=O) groups is 2. The van der Waals surface area contributed by atoms with Crippen LogP contribution in [0.25, 0.3) is 0 Å². The van der Waals surface area contributed by atoms with E-state index in [-0.39, 0.29) is 12.2 Å². The van der Waals surface area contributed by atoms with E-state index in [1.165, 1.54) is 12.1 Å². The minimum atomic E-state index is -1.16. The summed E-state index contributed by atoms with van der Waals surface area (Å²) in [6.45, 7) is 0. The van der Waals surface area contributed by atoms with Crippen LogP contribution in [-0.2, 0) is 11.2 Å². The molecule has 0 aliphatic heterocycles. The summed E-state index contributed by atoms with van der Waals surface area (Å²) in [5, 5.41) is 20.0. The number of nitrogens with one attached hydrogen (secondary N) is 1. The van der Waals surface area contributed by atoms with Gasteiger partial charge in [-0.2, -0.15) is 0 Å². The van der Waals surface area contributed by atoms with Gasteiger partial charge >= 0.3 is 12.0 Å². The molecule has 0 bridgehead atoms. The number of primary amides is 1. The van der Waals surface area contributed by atoms with Crippen molar-refractivity contribution in [3.63, 3.8) is 0 Å². The second-order valence-electron chi connectivity index (χ2n) is 3.27. The zero-order valence-electron chi connectivity index (χ0n) is 8.38. The lowest BCUT2D eigenvalue weighted by Crippen LogP contribution is -2.44. The Labute approximate surface area is 91.7 Å². The Hall–Kier alpha value is -2.24. The number of hydrogen-bond donors (Lipinski definition) is 4. The average Bonchev–Trinajstić information content (AvgIpc) is 2.19. The number of carboxylic acid groups (broad SMARTS) is 1. The molecule has 0 spiro atoms. The summed E-state index contributed by atoms with van der Waals surface area (Å²) in [6, 6.07) is 4.09. The van der Waals surface area contributed by atoms with E-state index in [0.29, 0.717) is 5.56 Å². The van der Waals surface area contributed by atoms with Gasteiger partial charge in [0.05, 0.1) is 0 Å². The standard InChI is InChI=1S/C10H12N2O4/c11-10(16)12-8(9(14)15)5-6-1-3-7(13)4-2-6/h1-4,8,13H,5H2,(H,14,15)(H3,11,12,16). The summed E-state index contributed by atoms with van der Waals surface area (Å²) in [5.74, 6) is -1.06. The van der Waals surface area contributed by atoms with E-state index in [9.17, 15) is 9.59 Å². The van der Waals surface area contributed by atoms with Gasteiger partial charge < -0.3 is 21.3 Å². The number of aliphatic carboxylic acids is 1. The topological polar surface area (TPSA) is 113 Å². The van der Waals surface area contributed by atoms with Crippen LogP contribution >= 0.6 is 0 Å². The van der Waals surface area contributed by atoms with E-state index in [4.69, 9.17) is 15.9 Å². The monoisotopic (exact) mass is 224 g/mol. The van der Waals surface area contributed by atoms with Crippen LogP contribution in [0, 0.1) is 0 Å². The van der Waals surface area contributed by atoms with Crippen molar-refractivity contribution in [2.24, 2.45) is 5.73 Å². The molecule has 1 rings (SSSR count). The maximum atomic E-state index is 10.8. The minimum absolute atomic E-state index is 0.0958. The van der Waals surface area contributed by atoms with E-state index in [1.807, 2.05) is 0 Å². The third-order valence-corrected chi connectivity index (χ3v) is 1.99. The van der Waals surface area contributed by atoms with Gasteiger partial charge in [-0.15, -0.1) is 0 Å².